The molecule has 1 aromatic carbocycles. The smallest absolute Gasteiger partial charge is 0.264 e. The van der Waals surface area contributed by atoms with E-state index >= 15 is 0 Å². The number of nitrogens with zero attached hydrogens (tertiary/aromatic N) is 2. The number of thiophene rings is 2. The number of amides is 2. The van der Waals surface area contributed by atoms with Gasteiger partial charge in [0.15, 0.2) is 0 Å². The average Bonchev–Trinajstić information content (AvgIpc) is 3.49. The van der Waals surface area contributed by atoms with Crippen molar-refractivity contribution in [3.05, 3.63) is 92.3 Å². The maximum Gasteiger partial charge on any atom is 0.264 e. The number of rotatable bonds is 6. The van der Waals surface area contributed by atoms with Crippen molar-refractivity contribution < 1.29 is 9.59 Å². The molecule has 33 heavy (non-hydrogen) atoms. The van der Waals surface area contributed by atoms with Crippen LogP contribution in [0.15, 0.2) is 65.9 Å². The second kappa shape index (κ2) is 9.65. The molecule has 0 bridgehead atoms. The summed E-state index contributed by atoms with van der Waals surface area (Å²) in [6.07, 6.45) is 2.52. The first-order chi connectivity index (χ1) is 15.8. The van der Waals surface area contributed by atoms with Gasteiger partial charge >= 0.3 is 0 Å². The van der Waals surface area contributed by atoms with Gasteiger partial charge in [0, 0.05) is 18.0 Å². The molecule has 172 valence electrons. The van der Waals surface area contributed by atoms with Gasteiger partial charge in [-0.05, 0) is 51.4 Å². The molecule has 2 aromatic heterocycles. The van der Waals surface area contributed by atoms with Gasteiger partial charge in [-0.3, -0.25) is 9.59 Å². The van der Waals surface area contributed by atoms with Crippen molar-refractivity contribution in [2.24, 2.45) is 0 Å². The van der Waals surface area contributed by atoms with Crippen LogP contribution in [0.5, 0.6) is 0 Å². The first-order valence-electron chi connectivity index (χ1n) is 11.2. The molecular weight excluding hydrogens is 448 g/mol. The second-order valence-corrected chi connectivity index (χ2v) is 11.3. The molecule has 0 fully saturated rings. The van der Waals surface area contributed by atoms with E-state index in [1.807, 2.05) is 16.3 Å². The fourth-order valence-corrected chi connectivity index (χ4v) is 5.89. The van der Waals surface area contributed by atoms with Gasteiger partial charge in [-0.15, -0.1) is 29.3 Å². The highest BCUT2D eigenvalue weighted by molar-refractivity contribution is 7.12. The fourth-order valence-electron chi connectivity index (χ4n) is 4.30. The van der Waals surface area contributed by atoms with Gasteiger partial charge in [0.05, 0.1) is 10.9 Å². The van der Waals surface area contributed by atoms with E-state index in [9.17, 15) is 9.59 Å². The lowest BCUT2D eigenvalue weighted by atomic mass is 9.85. The molecule has 0 spiro atoms. The molecule has 4 nitrogen and oxygen atoms in total. The van der Waals surface area contributed by atoms with E-state index in [4.69, 9.17) is 0 Å². The molecule has 0 saturated heterocycles. The molecule has 2 amide bonds. The molecule has 6 heteroatoms. The van der Waals surface area contributed by atoms with E-state index in [1.54, 1.807) is 28.4 Å². The second-order valence-electron chi connectivity index (χ2n) is 9.36. The average molecular weight is 479 g/mol. The highest BCUT2D eigenvalue weighted by atomic mass is 32.1. The zero-order valence-corrected chi connectivity index (χ0v) is 21.0. The highest BCUT2D eigenvalue weighted by Gasteiger charge is 2.34. The van der Waals surface area contributed by atoms with Crippen LogP contribution in [0.1, 0.15) is 58.1 Å². The van der Waals surface area contributed by atoms with Crippen molar-refractivity contribution in [2.45, 2.75) is 38.6 Å². The Kier molecular flexibility index (Phi) is 6.86. The molecule has 3 heterocycles. The van der Waals surface area contributed by atoms with Crippen LogP contribution >= 0.6 is 22.7 Å². The summed E-state index contributed by atoms with van der Waals surface area (Å²) in [7, 11) is 0. The summed E-state index contributed by atoms with van der Waals surface area (Å²) in [6, 6.07) is 14.3. The molecule has 0 N–H and O–H groups in total. The van der Waals surface area contributed by atoms with Gasteiger partial charge in [0.25, 0.3) is 5.91 Å². The van der Waals surface area contributed by atoms with Crippen molar-refractivity contribution in [3.63, 3.8) is 0 Å². The Labute approximate surface area is 204 Å². The third-order valence-electron chi connectivity index (χ3n) is 6.07. The van der Waals surface area contributed by atoms with Crippen LogP contribution in [-0.4, -0.2) is 41.2 Å². The number of carbonyl (C=O) groups excluding carboxylic acids is 2. The number of benzene rings is 1. The summed E-state index contributed by atoms with van der Waals surface area (Å²) in [5.41, 5.74) is 3.64. The van der Waals surface area contributed by atoms with Gasteiger partial charge in [0.2, 0.25) is 5.91 Å². The van der Waals surface area contributed by atoms with Gasteiger partial charge in [-0.1, -0.05) is 57.2 Å². The van der Waals surface area contributed by atoms with Gasteiger partial charge < -0.3 is 9.80 Å². The van der Waals surface area contributed by atoms with Crippen molar-refractivity contribution in [3.8, 4) is 0 Å². The third kappa shape index (κ3) is 4.97. The standard InChI is InChI=1S/C27H30N2O2S2/c1-5-14-28(26(31)23-7-6-16-32-23)18-24(30)29-15-12-22-21(13-17-33-22)25(29)19-8-10-20(11-9-19)27(2,3)4/h5-11,13,16-17,25H,1,12,14-15,18H2,2-4H3. The largest absolute Gasteiger partial charge is 0.330 e. The lowest BCUT2D eigenvalue weighted by Crippen LogP contribution is -2.46. The summed E-state index contributed by atoms with van der Waals surface area (Å²) in [5.74, 6) is -0.166. The molecule has 0 radical (unpaired) electrons. The van der Waals surface area contributed by atoms with E-state index < -0.39 is 0 Å². The summed E-state index contributed by atoms with van der Waals surface area (Å²) in [6.45, 7) is 11.4. The molecule has 1 unspecified atom stereocenters. The zero-order valence-electron chi connectivity index (χ0n) is 19.4. The Morgan fingerprint density at radius 2 is 1.88 bits per heavy atom. The number of fused-ring (bicyclic) bond motifs is 1. The van der Waals surface area contributed by atoms with E-state index in [2.05, 4.69) is 63.1 Å². The molecule has 3 aromatic rings. The van der Waals surface area contributed by atoms with E-state index in [1.165, 1.54) is 27.3 Å². The number of hydrogen-bond donors (Lipinski definition) is 0. The molecular formula is C27H30N2O2S2. The van der Waals surface area contributed by atoms with Crippen LogP contribution in [-0.2, 0) is 16.6 Å². The number of carbonyl (C=O) groups is 2. The van der Waals surface area contributed by atoms with Gasteiger partial charge in [-0.25, -0.2) is 0 Å². The van der Waals surface area contributed by atoms with Crippen LogP contribution in [0.4, 0.5) is 0 Å². The van der Waals surface area contributed by atoms with Crippen molar-refractivity contribution >= 4 is 34.5 Å². The fraction of sp³-hybridized carbons (Fsp3) is 0.333. The van der Waals surface area contributed by atoms with E-state index in [0.29, 0.717) is 18.0 Å². The Bertz CT molecular complexity index is 1120. The minimum atomic E-state index is -0.135. The van der Waals surface area contributed by atoms with Crippen molar-refractivity contribution in [1.29, 1.82) is 0 Å². The van der Waals surface area contributed by atoms with Crippen LogP contribution in [0.25, 0.3) is 0 Å². The molecule has 1 atom stereocenters. The summed E-state index contributed by atoms with van der Waals surface area (Å²) in [4.78, 5) is 32.1. The predicted octanol–water partition coefficient (Wildman–Crippen LogP) is 5.91. The highest BCUT2D eigenvalue weighted by Crippen LogP contribution is 2.38. The summed E-state index contributed by atoms with van der Waals surface area (Å²) >= 11 is 3.15. The first-order valence-corrected chi connectivity index (χ1v) is 13.0. The van der Waals surface area contributed by atoms with Crippen LogP contribution in [0, 0.1) is 0 Å². The monoisotopic (exact) mass is 478 g/mol. The minimum absolute atomic E-state index is 0.0384. The van der Waals surface area contributed by atoms with E-state index in [0.717, 1.165) is 12.0 Å². The van der Waals surface area contributed by atoms with Crippen molar-refractivity contribution in [2.75, 3.05) is 19.6 Å². The maximum absolute atomic E-state index is 13.6. The van der Waals surface area contributed by atoms with Crippen LogP contribution < -0.4 is 0 Å². The molecule has 1 aliphatic heterocycles. The zero-order chi connectivity index (χ0) is 23.6. The Morgan fingerprint density at radius 3 is 2.52 bits per heavy atom. The molecule has 0 aliphatic carbocycles. The summed E-state index contributed by atoms with van der Waals surface area (Å²) in [5, 5.41) is 3.99. The quantitative estimate of drug-likeness (QED) is 0.413. The normalized spacial score (nSPS) is 15.7. The SMILES string of the molecule is C=CCN(CC(=O)N1CCc2sccc2C1c1ccc(C(C)(C)C)cc1)C(=O)c1cccs1. The molecule has 0 saturated carbocycles. The Hall–Kier alpha value is -2.70. The lowest BCUT2D eigenvalue weighted by Gasteiger charge is -2.37. The Balaban J connectivity index is 1.62. The van der Waals surface area contributed by atoms with Gasteiger partial charge in [-0.2, -0.15) is 0 Å². The molecule has 4 rings (SSSR count). The predicted molar refractivity (Wildman–Crippen MR) is 137 cm³/mol. The molecule has 1 aliphatic rings. The third-order valence-corrected chi connectivity index (χ3v) is 7.93. The number of hydrogen-bond acceptors (Lipinski definition) is 4. The summed E-state index contributed by atoms with van der Waals surface area (Å²) < 4.78 is 0. The van der Waals surface area contributed by atoms with Gasteiger partial charge in [0.1, 0.15) is 6.54 Å². The van der Waals surface area contributed by atoms with Crippen LogP contribution in [0.3, 0.4) is 0 Å². The van der Waals surface area contributed by atoms with Crippen molar-refractivity contribution in [1.82, 2.24) is 9.80 Å². The van der Waals surface area contributed by atoms with E-state index in [-0.39, 0.29) is 29.8 Å². The topological polar surface area (TPSA) is 40.6 Å². The first kappa shape index (κ1) is 23.5. The maximum atomic E-state index is 13.6. The Morgan fingerprint density at radius 1 is 1.12 bits per heavy atom. The lowest BCUT2D eigenvalue weighted by molar-refractivity contribution is -0.133. The minimum Gasteiger partial charge on any atom is -0.330 e. The van der Waals surface area contributed by atoms with Crippen LogP contribution in [0.2, 0.25) is 0 Å².